The number of aromatic nitrogens is 3. The van der Waals surface area contributed by atoms with Crippen LogP contribution in [0.15, 0.2) is 30.6 Å². The number of aryl methyl sites for hydroxylation is 1. The molecule has 2 N–H and O–H groups in total. The number of ether oxygens (including phenoxy) is 1. The fraction of sp³-hybridized carbons (Fsp3) is 0.200. The summed E-state index contributed by atoms with van der Waals surface area (Å²) in [6.45, 7) is 0.493. The Balaban J connectivity index is 2.16. The highest BCUT2D eigenvalue weighted by Crippen LogP contribution is 2.18. The lowest BCUT2D eigenvalue weighted by molar-refractivity contribution is 0.438. The van der Waals surface area contributed by atoms with Crippen molar-refractivity contribution in [3.63, 3.8) is 0 Å². The highest BCUT2D eigenvalue weighted by Gasteiger charge is 2.01. The van der Waals surface area contributed by atoms with Crippen molar-refractivity contribution in [2.24, 2.45) is 12.8 Å². The Morgan fingerprint density at radius 3 is 3.00 bits per heavy atom. The molecule has 5 nitrogen and oxygen atoms in total. The number of nitrogens with zero attached hydrogens (tertiary/aromatic N) is 3. The monoisotopic (exact) mass is 204 g/mol. The standard InChI is InChI=1S/C10H12N4O/c1-14-7-12-10(13-14)15-9-4-2-3-8(5-9)6-11/h2-5,7H,6,11H2,1H3. The third kappa shape index (κ3) is 2.32. The van der Waals surface area contributed by atoms with Gasteiger partial charge >= 0.3 is 6.01 Å². The summed E-state index contributed by atoms with van der Waals surface area (Å²) in [5.41, 5.74) is 6.54. The Labute approximate surface area is 87.5 Å². The first kappa shape index (κ1) is 9.67. The number of rotatable bonds is 3. The first-order chi connectivity index (χ1) is 7.28. The molecule has 5 heteroatoms. The normalized spacial score (nSPS) is 10.3. The van der Waals surface area contributed by atoms with E-state index in [-0.39, 0.29) is 0 Å². The molecule has 1 heterocycles. The summed E-state index contributed by atoms with van der Waals surface area (Å²) in [5.74, 6) is 0.698. The molecule has 0 aliphatic rings. The zero-order valence-electron chi connectivity index (χ0n) is 8.42. The first-order valence-corrected chi connectivity index (χ1v) is 4.60. The van der Waals surface area contributed by atoms with Gasteiger partial charge in [-0.1, -0.05) is 12.1 Å². The van der Waals surface area contributed by atoms with Crippen LogP contribution in [0.3, 0.4) is 0 Å². The summed E-state index contributed by atoms with van der Waals surface area (Å²) in [6, 6.07) is 7.89. The maximum atomic E-state index is 5.53. The van der Waals surface area contributed by atoms with Gasteiger partial charge in [-0.25, -0.2) is 0 Å². The van der Waals surface area contributed by atoms with Crippen LogP contribution in [0.1, 0.15) is 5.56 Å². The number of benzene rings is 1. The van der Waals surface area contributed by atoms with E-state index in [1.54, 1.807) is 18.1 Å². The van der Waals surface area contributed by atoms with Gasteiger partial charge < -0.3 is 10.5 Å². The molecule has 1 aromatic heterocycles. The van der Waals surface area contributed by atoms with Crippen molar-refractivity contribution in [1.29, 1.82) is 0 Å². The van der Waals surface area contributed by atoms with Crippen molar-refractivity contribution in [1.82, 2.24) is 14.8 Å². The van der Waals surface area contributed by atoms with Crippen LogP contribution < -0.4 is 10.5 Å². The molecule has 2 aromatic rings. The first-order valence-electron chi connectivity index (χ1n) is 4.60. The summed E-state index contributed by atoms with van der Waals surface area (Å²) in [5, 5.41) is 4.01. The van der Waals surface area contributed by atoms with Crippen LogP contribution in [0.2, 0.25) is 0 Å². The van der Waals surface area contributed by atoms with Crippen molar-refractivity contribution in [2.75, 3.05) is 0 Å². The minimum absolute atomic E-state index is 0.340. The van der Waals surface area contributed by atoms with E-state index in [0.717, 1.165) is 5.56 Å². The van der Waals surface area contributed by atoms with Gasteiger partial charge in [0.1, 0.15) is 12.1 Å². The van der Waals surface area contributed by atoms with E-state index in [4.69, 9.17) is 10.5 Å². The average Bonchev–Trinajstić information content (AvgIpc) is 2.64. The molecule has 0 aliphatic carbocycles. The minimum atomic E-state index is 0.340. The molecular formula is C10H12N4O. The molecule has 0 radical (unpaired) electrons. The second-order valence-corrected chi connectivity index (χ2v) is 3.15. The van der Waals surface area contributed by atoms with Crippen molar-refractivity contribution < 1.29 is 4.74 Å². The molecule has 0 saturated carbocycles. The Morgan fingerprint density at radius 1 is 1.47 bits per heavy atom. The summed E-state index contributed by atoms with van der Waals surface area (Å²) in [7, 11) is 1.79. The van der Waals surface area contributed by atoms with Crippen LogP contribution in [0, 0.1) is 0 Å². The van der Waals surface area contributed by atoms with E-state index in [9.17, 15) is 0 Å². The summed E-state index contributed by atoms with van der Waals surface area (Å²) >= 11 is 0. The lowest BCUT2D eigenvalue weighted by Gasteiger charge is -2.02. The lowest BCUT2D eigenvalue weighted by atomic mass is 10.2. The molecule has 0 aliphatic heterocycles. The van der Waals surface area contributed by atoms with Gasteiger partial charge in [0, 0.05) is 13.6 Å². The van der Waals surface area contributed by atoms with E-state index in [1.165, 1.54) is 0 Å². The number of hydrogen-bond acceptors (Lipinski definition) is 4. The van der Waals surface area contributed by atoms with Crippen molar-refractivity contribution in [3.05, 3.63) is 36.2 Å². The fourth-order valence-electron chi connectivity index (χ4n) is 1.21. The van der Waals surface area contributed by atoms with E-state index in [2.05, 4.69) is 10.1 Å². The molecule has 78 valence electrons. The van der Waals surface area contributed by atoms with Gasteiger partial charge in [-0.15, -0.1) is 5.10 Å². The van der Waals surface area contributed by atoms with Crippen molar-refractivity contribution >= 4 is 0 Å². The highest BCUT2D eigenvalue weighted by molar-refractivity contribution is 5.30. The molecule has 0 amide bonds. The summed E-state index contributed by atoms with van der Waals surface area (Å²) in [6.07, 6.45) is 1.59. The maximum absolute atomic E-state index is 5.53. The molecule has 0 fully saturated rings. The van der Waals surface area contributed by atoms with Crippen LogP contribution in [-0.4, -0.2) is 14.8 Å². The second-order valence-electron chi connectivity index (χ2n) is 3.15. The van der Waals surface area contributed by atoms with Crippen molar-refractivity contribution in [2.45, 2.75) is 6.54 Å². The van der Waals surface area contributed by atoms with E-state index in [0.29, 0.717) is 18.3 Å². The lowest BCUT2D eigenvalue weighted by Crippen LogP contribution is -1.96. The van der Waals surface area contributed by atoms with Gasteiger partial charge in [0.15, 0.2) is 0 Å². The van der Waals surface area contributed by atoms with Crippen LogP contribution >= 0.6 is 0 Å². The van der Waals surface area contributed by atoms with Crippen LogP contribution in [0.4, 0.5) is 0 Å². The molecule has 0 saturated heterocycles. The molecule has 0 spiro atoms. The Kier molecular flexibility index (Phi) is 2.64. The third-order valence-electron chi connectivity index (χ3n) is 1.92. The molecular weight excluding hydrogens is 192 g/mol. The van der Waals surface area contributed by atoms with Crippen molar-refractivity contribution in [3.8, 4) is 11.8 Å². The Hall–Kier alpha value is -1.88. The van der Waals surface area contributed by atoms with Gasteiger partial charge in [-0.3, -0.25) is 4.68 Å². The van der Waals surface area contributed by atoms with Gasteiger partial charge in [0.2, 0.25) is 0 Å². The topological polar surface area (TPSA) is 66.0 Å². The quantitative estimate of drug-likeness (QED) is 0.812. The number of nitrogens with two attached hydrogens (primary N) is 1. The van der Waals surface area contributed by atoms with Crippen LogP contribution in [-0.2, 0) is 13.6 Å². The predicted molar refractivity (Wildman–Crippen MR) is 55.4 cm³/mol. The van der Waals surface area contributed by atoms with E-state index >= 15 is 0 Å². The minimum Gasteiger partial charge on any atom is -0.423 e. The van der Waals surface area contributed by atoms with Gasteiger partial charge in [-0.05, 0) is 17.7 Å². The SMILES string of the molecule is Cn1cnc(Oc2cccc(CN)c2)n1. The largest absolute Gasteiger partial charge is 0.423 e. The predicted octanol–water partition coefficient (Wildman–Crippen LogP) is 1.07. The second kappa shape index (κ2) is 4.10. The van der Waals surface area contributed by atoms with E-state index in [1.807, 2.05) is 24.3 Å². The fourth-order valence-corrected chi connectivity index (χ4v) is 1.21. The highest BCUT2D eigenvalue weighted by atomic mass is 16.5. The van der Waals surface area contributed by atoms with Gasteiger partial charge in [0.25, 0.3) is 0 Å². The Bertz CT molecular complexity index is 452. The van der Waals surface area contributed by atoms with Crippen LogP contribution in [0.5, 0.6) is 11.8 Å². The maximum Gasteiger partial charge on any atom is 0.340 e. The van der Waals surface area contributed by atoms with Gasteiger partial charge in [-0.2, -0.15) is 4.98 Å². The molecule has 2 rings (SSSR count). The third-order valence-corrected chi connectivity index (χ3v) is 1.92. The molecule has 1 aromatic carbocycles. The molecule has 15 heavy (non-hydrogen) atoms. The average molecular weight is 204 g/mol. The molecule has 0 atom stereocenters. The Morgan fingerprint density at radius 2 is 2.33 bits per heavy atom. The van der Waals surface area contributed by atoms with Crippen LogP contribution in [0.25, 0.3) is 0 Å². The summed E-state index contributed by atoms with van der Waals surface area (Å²) in [4.78, 5) is 3.96. The molecule has 0 bridgehead atoms. The zero-order chi connectivity index (χ0) is 10.7. The summed E-state index contributed by atoms with van der Waals surface area (Å²) < 4.78 is 7.03. The van der Waals surface area contributed by atoms with Gasteiger partial charge in [0.05, 0.1) is 0 Å². The smallest absolute Gasteiger partial charge is 0.340 e. The zero-order valence-corrected chi connectivity index (χ0v) is 8.42. The molecule has 0 unspecified atom stereocenters. The number of hydrogen-bond donors (Lipinski definition) is 1. The van der Waals surface area contributed by atoms with E-state index < -0.39 is 0 Å².